The Kier molecular flexibility index (Phi) is 2.52. The summed E-state index contributed by atoms with van der Waals surface area (Å²) in [6.07, 6.45) is 1.99. The Labute approximate surface area is 83.0 Å². The minimum Gasteiger partial charge on any atom is -0.392 e. The fraction of sp³-hybridized carbons (Fsp3) is 0.273. The van der Waals surface area contributed by atoms with Crippen LogP contribution in [0, 0.1) is 0 Å². The van der Waals surface area contributed by atoms with Gasteiger partial charge in [0.05, 0.1) is 13.3 Å². The summed E-state index contributed by atoms with van der Waals surface area (Å²) in [6.45, 7) is 0.859. The summed E-state index contributed by atoms with van der Waals surface area (Å²) in [5.41, 5.74) is 2.14. The van der Waals surface area contributed by atoms with Crippen LogP contribution in [0.4, 0.5) is 0 Å². The van der Waals surface area contributed by atoms with Crippen LogP contribution >= 0.6 is 0 Å². The van der Waals surface area contributed by atoms with E-state index in [1.54, 1.807) is 0 Å². The van der Waals surface area contributed by atoms with Crippen molar-refractivity contribution in [3.63, 3.8) is 0 Å². The lowest BCUT2D eigenvalue weighted by atomic mass is 10.2. The van der Waals surface area contributed by atoms with Gasteiger partial charge in [-0.15, -0.1) is 0 Å². The molecule has 0 spiro atoms. The maximum atomic E-state index is 9.18. The number of aromatic nitrogens is 1. The SMILES string of the molecule is CNCn1cc(CO)c2ccccc21. The fourth-order valence-corrected chi connectivity index (χ4v) is 1.75. The van der Waals surface area contributed by atoms with Crippen LogP contribution < -0.4 is 5.32 Å². The highest BCUT2D eigenvalue weighted by molar-refractivity contribution is 5.83. The Morgan fingerprint density at radius 1 is 1.36 bits per heavy atom. The Morgan fingerprint density at radius 2 is 2.14 bits per heavy atom. The van der Waals surface area contributed by atoms with Crippen LogP contribution in [-0.4, -0.2) is 16.7 Å². The molecule has 0 aliphatic heterocycles. The summed E-state index contributed by atoms with van der Waals surface area (Å²) in [4.78, 5) is 0. The maximum Gasteiger partial charge on any atom is 0.0723 e. The van der Waals surface area contributed by atoms with Gasteiger partial charge in [0.1, 0.15) is 0 Å². The van der Waals surface area contributed by atoms with Gasteiger partial charge >= 0.3 is 0 Å². The normalized spacial score (nSPS) is 11.0. The fourth-order valence-electron chi connectivity index (χ4n) is 1.75. The molecule has 2 rings (SSSR count). The highest BCUT2D eigenvalue weighted by atomic mass is 16.3. The van der Waals surface area contributed by atoms with E-state index in [1.807, 2.05) is 31.4 Å². The molecule has 1 heterocycles. The Hall–Kier alpha value is -1.32. The van der Waals surface area contributed by atoms with Crippen molar-refractivity contribution in [3.05, 3.63) is 36.0 Å². The molecule has 0 fully saturated rings. The lowest BCUT2D eigenvalue weighted by Crippen LogP contribution is -2.11. The zero-order valence-electron chi connectivity index (χ0n) is 8.20. The van der Waals surface area contributed by atoms with Gasteiger partial charge in [0, 0.05) is 22.7 Å². The Morgan fingerprint density at radius 3 is 2.86 bits per heavy atom. The van der Waals surface area contributed by atoms with Crippen molar-refractivity contribution < 1.29 is 5.11 Å². The predicted molar refractivity (Wildman–Crippen MR) is 56.9 cm³/mol. The van der Waals surface area contributed by atoms with E-state index in [0.717, 1.165) is 23.1 Å². The van der Waals surface area contributed by atoms with Crippen LogP contribution in [-0.2, 0) is 13.3 Å². The predicted octanol–water partition coefficient (Wildman–Crippen LogP) is 1.31. The number of rotatable bonds is 3. The first-order chi connectivity index (χ1) is 6.86. The third-order valence-electron chi connectivity index (χ3n) is 2.37. The number of nitrogens with one attached hydrogen (secondary N) is 1. The molecule has 2 N–H and O–H groups in total. The average molecular weight is 190 g/mol. The molecular formula is C11H14N2O. The van der Waals surface area contributed by atoms with Crippen molar-refractivity contribution in [1.29, 1.82) is 0 Å². The third-order valence-corrected chi connectivity index (χ3v) is 2.37. The summed E-state index contributed by atoms with van der Waals surface area (Å²) >= 11 is 0. The first kappa shape index (κ1) is 9.24. The molecule has 0 amide bonds. The van der Waals surface area contributed by atoms with Crippen molar-refractivity contribution in [2.45, 2.75) is 13.3 Å². The Bertz CT molecular complexity index is 434. The number of benzene rings is 1. The Balaban J connectivity index is 2.61. The van der Waals surface area contributed by atoms with E-state index >= 15 is 0 Å². The van der Waals surface area contributed by atoms with Crippen molar-refractivity contribution in [2.24, 2.45) is 0 Å². The molecular weight excluding hydrogens is 176 g/mol. The van der Waals surface area contributed by atoms with Crippen LogP contribution in [0.5, 0.6) is 0 Å². The highest BCUT2D eigenvalue weighted by Gasteiger charge is 2.05. The summed E-state index contributed by atoms with van der Waals surface area (Å²) < 4.78 is 2.10. The second-order valence-corrected chi connectivity index (χ2v) is 3.31. The van der Waals surface area contributed by atoms with E-state index in [1.165, 1.54) is 0 Å². The van der Waals surface area contributed by atoms with E-state index in [4.69, 9.17) is 0 Å². The van der Waals surface area contributed by atoms with Gasteiger partial charge in [-0.2, -0.15) is 0 Å². The van der Waals surface area contributed by atoms with Gasteiger partial charge in [-0.25, -0.2) is 0 Å². The average Bonchev–Trinajstić information content (AvgIpc) is 2.58. The number of aliphatic hydroxyl groups is 1. The van der Waals surface area contributed by atoms with Gasteiger partial charge in [-0.05, 0) is 13.1 Å². The standard InChI is InChI=1S/C11H14N2O/c1-12-8-13-6-9(7-14)10-4-2-3-5-11(10)13/h2-6,12,14H,7-8H2,1H3. The molecule has 0 unspecified atom stereocenters. The van der Waals surface area contributed by atoms with Gasteiger partial charge in [0.2, 0.25) is 0 Å². The summed E-state index contributed by atoms with van der Waals surface area (Å²) in [7, 11) is 1.91. The van der Waals surface area contributed by atoms with Crippen molar-refractivity contribution >= 4 is 10.9 Å². The first-order valence-corrected chi connectivity index (χ1v) is 4.69. The molecule has 1 aromatic carbocycles. The highest BCUT2D eigenvalue weighted by Crippen LogP contribution is 2.20. The summed E-state index contributed by atoms with van der Waals surface area (Å²) in [5.74, 6) is 0. The van der Waals surface area contributed by atoms with Crippen molar-refractivity contribution in [3.8, 4) is 0 Å². The van der Waals surface area contributed by atoms with Crippen molar-refractivity contribution in [2.75, 3.05) is 7.05 Å². The second kappa shape index (κ2) is 3.82. The molecule has 1 aromatic heterocycles. The topological polar surface area (TPSA) is 37.2 Å². The number of hydrogen-bond donors (Lipinski definition) is 2. The maximum absolute atomic E-state index is 9.18. The molecule has 0 aliphatic rings. The van der Waals surface area contributed by atoms with Crippen LogP contribution in [0.2, 0.25) is 0 Å². The monoisotopic (exact) mass is 190 g/mol. The lowest BCUT2D eigenvalue weighted by Gasteiger charge is -2.02. The van der Waals surface area contributed by atoms with E-state index in [2.05, 4.69) is 16.0 Å². The molecule has 0 saturated carbocycles. The number of aliphatic hydroxyl groups excluding tert-OH is 1. The van der Waals surface area contributed by atoms with Crippen LogP contribution in [0.15, 0.2) is 30.5 Å². The zero-order valence-corrected chi connectivity index (χ0v) is 8.20. The van der Waals surface area contributed by atoms with Crippen LogP contribution in [0.1, 0.15) is 5.56 Å². The van der Waals surface area contributed by atoms with Gasteiger partial charge in [-0.3, -0.25) is 0 Å². The van der Waals surface area contributed by atoms with Crippen LogP contribution in [0.3, 0.4) is 0 Å². The molecule has 0 saturated heterocycles. The molecule has 0 aliphatic carbocycles. The van der Waals surface area contributed by atoms with E-state index in [9.17, 15) is 5.11 Å². The molecule has 0 bridgehead atoms. The smallest absolute Gasteiger partial charge is 0.0723 e. The molecule has 14 heavy (non-hydrogen) atoms. The third kappa shape index (κ3) is 1.41. The van der Waals surface area contributed by atoms with E-state index < -0.39 is 0 Å². The molecule has 0 atom stereocenters. The molecule has 3 nitrogen and oxygen atoms in total. The summed E-state index contributed by atoms with van der Waals surface area (Å²) in [6, 6.07) is 8.10. The molecule has 2 aromatic rings. The minimum absolute atomic E-state index is 0.0945. The number of hydrogen-bond acceptors (Lipinski definition) is 2. The van der Waals surface area contributed by atoms with Gasteiger partial charge in [0.25, 0.3) is 0 Å². The summed E-state index contributed by atoms with van der Waals surface area (Å²) in [5, 5.41) is 13.4. The van der Waals surface area contributed by atoms with Crippen molar-refractivity contribution in [1.82, 2.24) is 9.88 Å². The van der Waals surface area contributed by atoms with Crippen LogP contribution in [0.25, 0.3) is 10.9 Å². The molecule has 74 valence electrons. The van der Waals surface area contributed by atoms with Gasteiger partial charge in [0.15, 0.2) is 0 Å². The molecule has 0 radical (unpaired) electrons. The number of para-hydroxylation sites is 1. The second-order valence-electron chi connectivity index (χ2n) is 3.31. The molecule has 3 heteroatoms. The number of fused-ring (bicyclic) bond motifs is 1. The number of nitrogens with zero attached hydrogens (tertiary/aromatic N) is 1. The van der Waals surface area contributed by atoms with Gasteiger partial charge in [-0.1, -0.05) is 18.2 Å². The van der Waals surface area contributed by atoms with Gasteiger partial charge < -0.3 is 15.0 Å². The van der Waals surface area contributed by atoms with E-state index in [-0.39, 0.29) is 6.61 Å². The minimum atomic E-state index is 0.0945. The lowest BCUT2D eigenvalue weighted by molar-refractivity contribution is 0.283. The largest absolute Gasteiger partial charge is 0.392 e. The zero-order chi connectivity index (χ0) is 9.97. The van der Waals surface area contributed by atoms with E-state index in [0.29, 0.717) is 0 Å². The first-order valence-electron chi connectivity index (χ1n) is 4.69. The quantitative estimate of drug-likeness (QED) is 0.765.